The highest BCUT2D eigenvalue weighted by atomic mass is 32.2. The average molecular weight is 306 g/mol. The number of rotatable bonds is 6. The second-order valence-corrected chi connectivity index (χ2v) is 6.86. The number of hydrogen-bond acceptors (Lipinski definition) is 4. The zero-order chi connectivity index (χ0) is 14.3. The van der Waals surface area contributed by atoms with Crippen molar-refractivity contribution >= 4 is 35.5 Å². The predicted molar refractivity (Wildman–Crippen MR) is 81.1 cm³/mol. The largest absolute Gasteiger partial charge is 0.480 e. The summed E-state index contributed by atoms with van der Waals surface area (Å²) in [5.41, 5.74) is 0. The van der Waals surface area contributed by atoms with Crippen LogP contribution >= 0.6 is 23.5 Å². The molecular weight excluding hydrogens is 284 g/mol. The SMILES string of the molecule is CCC1CN(C(=O)NC(CCSC)C(=O)O)CCS1. The highest BCUT2D eigenvalue weighted by molar-refractivity contribution is 8.00. The molecule has 0 aromatic rings. The van der Waals surface area contributed by atoms with Crippen LogP contribution in [0.5, 0.6) is 0 Å². The lowest BCUT2D eigenvalue weighted by atomic mass is 10.2. The highest BCUT2D eigenvalue weighted by Crippen LogP contribution is 2.21. The van der Waals surface area contributed by atoms with Crippen LogP contribution in [0.2, 0.25) is 0 Å². The van der Waals surface area contributed by atoms with Crippen LogP contribution in [0.4, 0.5) is 4.79 Å². The molecule has 1 saturated heterocycles. The lowest BCUT2D eigenvalue weighted by molar-refractivity contribution is -0.139. The summed E-state index contributed by atoms with van der Waals surface area (Å²) in [5, 5.41) is 12.2. The summed E-state index contributed by atoms with van der Waals surface area (Å²) in [4.78, 5) is 24.9. The predicted octanol–water partition coefficient (Wildman–Crippen LogP) is 1.73. The number of urea groups is 1. The normalized spacial score (nSPS) is 20.9. The zero-order valence-corrected chi connectivity index (χ0v) is 13.1. The van der Waals surface area contributed by atoms with E-state index in [9.17, 15) is 9.59 Å². The second kappa shape index (κ2) is 8.58. The van der Waals surface area contributed by atoms with Gasteiger partial charge in [-0.2, -0.15) is 23.5 Å². The maximum Gasteiger partial charge on any atom is 0.326 e. The van der Waals surface area contributed by atoms with Gasteiger partial charge in [0.25, 0.3) is 0 Å². The third-order valence-corrected chi connectivity index (χ3v) is 5.10. The van der Waals surface area contributed by atoms with Crippen molar-refractivity contribution in [1.29, 1.82) is 0 Å². The third-order valence-electron chi connectivity index (χ3n) is 3.09. The van der Waals surface area contributed by atoms with E-state index in [0.717, 1.165) is 17.9 Å². The van der Waals surface area contributed by atoms with Crippen LogP contribution in [0.1, 0.15) is 19.8 Å². The van der Waals surface area contributed by atoms with Crippen molar-refractivity contribution in [1.82, 2.24) is 10.2 Å². The van der Waals surface area contributed by atoms with Crippen LogP contribution in [0, 0.1) is 0 Å². The number of carboxylic acids is 1. The molecule has 0 radical (unpaired) electrons. The molecular formula is C12H22N2O3S2. The molecule has 1 aliphatic rings. The molecule has 2 amide bonds. The van der Waals surface area contributed by atoms with Crippen molar-refractivity contribution in [3.05, 3.63) is 0 Å². The van der Waals surface area contributed by atoms with Gasteiger partial charge in [-0.05, 0) is 24.9 Å². The zero-order valence-electron chi connectivity index (χ0n) is 11.4. The summed E-state index contributed by atoms with van der Waals surface area (Å²) in [6, 6.07) is -1.03. The van der Waals surface area contributed by atoms with E-state index >= 15 is 0 Å². The Morgan fingerprint density at radius 1 is 1.58 bits per heavy atom. The molecule has 0 aromatic carbocycles. The smallest absolute Gasteiger partial charge is 0.326 e. The third kappa shape index (κ3) is 5.52. The van der Waals surface area contributed by atoms with E-state index in [-0.39, 0.29) is 6.03 Å². The number of carbonyl (C=O) groups excluding carboxylic acids is 1. The van der Waals surface area contributed by atoms with E-state index in [0.29, 0.717) is 24.8 Å². The Labute approximate surface area is 122 Å². The fourth-order valence-electron chi connectivity index (χ4n) is 1.88. The van der Waals surface area contributed by atoms with E-state index in [1.54, 1.807) is 16.7 Å². The van der Waals surface area contributed by atoms with Gasteiger partial charge < -0.3 is 15.3 Å². The Hall–Kier alpha value is -0.560. The van der Waals surface area contributed by atoms with Crippen molar-refractivity contribution in [3.8, 4) is 0 Å². The van der Waals surface area contributed by atoms with Crippen LogP contribution in [0.3, 0.4) is 0 Å². The molecule has 1 rings (SSSR count). The van der Waals surface area contributed by atoms with Crippen molar-refractivity contribution < 1.29 is 14.7 Å². The lowest BCUT2D eigenvalue weighted by Crippen LogP contribution is -2.51. The molecule has 2 N–H and O–H groups in total. The maximum absolute atomic E-state index is 12.1. The molecule has 0 saturated carbocycles. The van der Waals surface area contributed by atoms with E-state index in [2.05, 4.69) is 12.2 Å². The lowest BCUT2D eigenvalue weighted by Gasteiger charge is -2.32. The summed E-state index contributed by atoms with van der Waals surface area (Å²) < 4.78 is 0. The molecule has 19 heavy (non-hydrogen) atoms. The summed E-state index contributed by atoms with van der Waals surface area (Å²) >= 11 is 3.46. The second-order valence-electron chi connectivity index (χ2n) is 4.47. The monoisotopic (exact) mass is 306 g/mol. The van der Waals surface area contributed by atoms with Crippen molar-refractivity contribution in [2.24, 2.45) is 0 Å². The number of thioether (sulfide) groups is 2. The van der Waals surface area contributed by atoms with E-state index < -0.39 is 12.0 Å². The first-order valence-electron chi connectivity index (χ1n) is 6.47. The number of aliphatic carboxylic acids is 1. The summed E-state index contributed by atoms with van der Waals surface area (Å²) in [6.45, 7) is 3.52. The molecule has 2 unspecified atom stereocenters. The summed E-state index contributed by atoms with van der Waals surface area (Å²) in [5.74, 6) is 0.694. The molecule has 0 spiro atoms. The molecule has 0 aromatic heterocycles. The molecule has 0 bridgehead atoms. The van der Waals surface area contributed by atoms with Crippen molar-refractivity contribution in [3.63, 3.8) is 0 Å². The van der Waals surface area contributed by atoms with Gasteiger partial charge in [0.05, 0.1) is 0 Å². The minimum atomic E-state index is -0.958. The van der Waals surface area contributed by atoms with E-state index in [1.165, 1.54) is 0 Å². The number of carbonyl (C=O) groups is 2. The topological polar surface area (TPSA) is 69.6 Å². The maximum atomic E-state index is 12.1. The standard InChI is InChI=1S/C12H22N2O3S2/c1-3-9-8-14(5-7-19-9)12(17)13-10(11(15)16)4-6-18-2/h9-10H,3-8H2,1-2H3,(H,13,17)(H,15,16). The molecule has 2 atom stereocenters. The van der Waals surface area contributed by atoms with Crippen molar-refractivity contribution in [2.75, 3.05) is 30.9 Å². The molecule has 7 heteroatoms. The molecule has 1 heterocycles. The van der Waals surface area contributed by atoms with Crippen molar-refractivity contribution in [2.45, 2.75) is 31.1 Å². The number of nitrogens with one attached hydrogen (secondary N) is 1. The summed E-state index contributed by atoms with van der Waals surface area (Å²) in [6.07, 6.45) is 3.42. The first-order chi connectivity index (χ1) is 9.08. The Bertz CT molecular complexity index is 315. The fraction of sp³-hybridized carbons (Fsp3) is 0.833. The van der Waals surface area contributed by atoms with Gasteiger partial charge >= 0.3 is 12.0 Å². The van der Waals surface area contributed by atoms with Crippen LogP contribution in [-0.4, -0.2) is 64.1 Å². The number of hydrogen-bond donors (Lipinski definition) is 2. The molecule has 1 aliphatic heterocycles. The quantitative estimate of drug-likeness (QED) is 0.782. The van der Waals surface area contributed by atoms with Crippen LogP contribution in [0.25, 0.3) is 0 Å². The van der Waals surface area contributed by atoms with Gasteiger partial charge in [0.15, 0.2) is 0 Å². The Morgan fingerprint density at radius 2 is 2.32 bits per heavy atom. The molecule has 5 nitrogen and oxygen atoms in total. The van der Waals surface area contributed by atoms with Crippen LogP contribution < -0.4 is 5.32 Å². The van der Waals surface area contributed by atoms with Gasteiger partial charge in [-0.25, -0.2) is 9.59 Å². The van der Waals surface area contributed by atoms with Gasteiger partial charge in [-0.3, -0.25) is 0 Å². The van der Waals surface area contributed by atoms with Gasteiger partial charge in [0.2, 0.25) is 0 Å². The Morgan fingerprint density at radius 3 is 2.89 bits per heavy atom. The molecule has 1 fully saturated rings. The first-order valence-corrected chi connectivity index (χ1v) is 8.91. The number of nitrogens with zero attached hydrogens (tertiary/aromatic N) is 1. The van der Waals surface area contributed by atoms with E-state index in [1.807, 2.05) is 18.0 Å². The average Bonchev–Trinajstić information content (AvgIpc) is 2.42. The van der Waals surface area contributed by atoms with Gasteiger partial charge in [-0.1, -0.05) is 6.92 Å². The molecule has 110 valence electrons. The van der Waals surface area contributed by atoms with Crippen LogP contribution in [0.15, 0.2) is 0 Å². The Balaban J connectivity index is 2.48. The number of amides is 2. The van der Waals surface area contributed by atoms with Gasteiger partial charge in [0, 0.05) is 24.1 Å². The number of carboxylic acid groups (broad SMARTS) is 1. The van der Waals surface area contributed by atoms with Gasteiger partial charge in [0.1, 0.15) is 6.04 Å². The van der Waals surface area contributed by atoms with Gasteiger partial charge in [-0.15, -0.1) is 0 Å². The molecule has 0 aliphatic carbocycles. The Kier molecular flexibility index (Phi) is 7.45. The highest BCUT2D eigenvalue weighted by Gasteiger charge is 2.26. The fourth-order valence-corrected chi connectivity index (χ4v) is 3.54. The van der Waals surface area contributed by atoms with Crippen LogP contribution in [-0.2, 0) is 4.79 Å². The van der Waals surface area contributed by atoms with E-state index in [4.69, 9.17) is 5.11 Å². The summed E-state index contributed by atoms with van der Waals surface area (Å²) in [7, 11) is 0. The minimum Gasteiger partial charge on any atom is -0.480 e. The minimum absolute atomic E-state index is 0.243. The first kappa shape index (κ1) is 16.5.